The highest BCUT2D eigenvalue weighted by atomic mass is 32.1. The number of carbonyl (C=O) groups excluding carboxylic acids is 1. The maximum absolute atomic E-state index is 13.7. The first-order valence-electron chi connectivity index (χ1n) is 10.9. The van der Waals surface area contributed by atoms with E-state index in [0.29, 0.717) is 37.5 Å². The van der Waals surface area contributed by atoms with Crippen molar-refractivity contribution < 1.29 is 14.3 Å². The Bertz CT molecular complexity index is 1130. The van der Waals surface area contributed by atoms with Gasteiger partial charge in [-0.25, -0.2) is 4.98 Å². The molecule has 2 aliphatic heterocycles. The van der Waals surface area contributed by atoms with E-state index >= 15 is 0 Å². The summed E-state index contributed by atoms with van der Waals surface area (Å²) in [7, 11) is 0. The third-order valence-electron chi connectivity index (χ3n) is 5.88. The number of morpholine rings is 1. The summed E-state index contributed by atoms with van der Waals surface area (Å²) in [5, 5.41) is 7.52. The fourth-order valence-electron chi connectivity index (χ4n) is 4.16. The Labute approximate surface area is 193 Å². The molecule has 8 nitrogen and oxygen atoms in total. The molecule has 10 heteroatoms. The SMILES string of the molecule is O=C(Cn1c(CN2CCOCC2)nc2scc(-c3cccs3)c2c1=O)NCC1CCCO1. The van der Waals surface area contributed by atoms with Gasteiger partial charge in [-0.05, 0) is 24.3 Å². The zero-order chi connectivity index (χ0) is 21.9. The van der Waals surface area contributed by atoms with Crippen LogP contribution < -0.4 is 10.9 Å². The maximum atomic E-state index is 13.7. The molecule has 3 aromatic rings. The monoisotopic (exact) mass is 474 g/mol. The smallest absolute Gasteiger partial charge is 0.263 e. The number of thiophene rings is 2. The highest BCUT2D eigenvalue weighted by molar-refractivity contribution is 7.18. The molecule has 5 rings (SSSR count). The van der Waals surface area contributed by atoms with E-state index in [1.165, 1.54) is 11.3 Å². The van der Waals surface area contributed by atoms with Crippen LogP contribution in [0.15, 0.2) is 27.7 Å². The molecule has 1 unspecified atom stereocenters. The van der Waals surface area contributed by atoms with E-state index in [9.17, 15) is 9.59 Å². The molecular weight excluding hydrogens is 448 g/mol. The molecule has 1 atom stereocenters. The number of nitrogens with zero attached hydrogens (tertiary/aromatic N) is 3. The van der Waals surface area contributed by atoms with Crippen LogP contribution in [0.4, 0.5) is 0 Å². The lowest BCUT2D eigenvalue weighted by molar-refractivity contribution is -0.122. The molecule has 2 fully saturated rings. The minimum Gasteiger partial charge on any atom is -0.379 e. The van der Waals surface area contributed by atoms with Crippen molar-refractivity contribution in [2.45, 2.75) is 32.0 Å². The second-order valence-electron chi connectivity index (χ2n) is 8.05. The summed E-state index contributed by atoms with van der Waals surface area (Å²) in [5.41, 5.74) is 0.735. The lowest BCUT2D eigenvalue weighted by Gasteiger charge is -2.27. The highest BCUT2D eigenvalue weighted by Gasteiger charge is 2.22. The predicted molar refractivity (Wildman–Crippen MR) is 125 cm³/mol. The van der Waals surface area contributed by atoms with Gasteiger partial charge in [0.15, 0.2) is 0 Å². The Morgan fingerprint density at radius 3 is 2.88 bits per heavy atom. The minimum atomic E-state index is -0.195. The highest BCUT2D eigenvalue weighted by Crippen LogP contribution is 2.33. The number of rotatable bonds is 7. The van der Waals surface area contributed by atoms with Crippen LogP contribution in [0.5, 0.6) is 0 Å². The molecule has 0 aromatic carbocycles. The van der Waals surface area contributed by atoms with E-state index in [4.69, 9.17) is 14.5 Å². The molecule has 2 saturated heterocycles. The Morgan fingerprint density at radius 1 is 1.25 bits per heavy atom. The van der Waals surface area contributed by atoms with Crippen LogP contribution in [-0.2, 0) is 27.4 Å². The molecule has 0 saturated carbocycles. The Kier molecular flexibility index (Phi) is 6.65. The molecule has 2 aliphatic rings. The van der Waals surface area contributed by atoms with Crippen molar-refractivity contribution in [3.05, 3.63) is 39.1 Å². The van der Waals surface area contributed by atoms with Crippen LogP contribution in [0.1, 0.15) is 18.7 Å². The van der Waals surface area contributed by atoms with E-state index in [1.54, 1.807) is 15.9 Å². The second-order valence-corrected chi connectivity index (χ2v) is 9.86. The number of hydrogen-bond acceptors (Lipinski definition) is 8. The van der Waals surface area contributed by atoms with Gasteiger partial charge in [0.05, 0.1) is 31.2 Å². The average Bonchev–Trinajstić information content (AvgIpc) is 3.57. The van der Waals surface area contributed by atoms with Crippen molar-refractivity contribution in [3.63, 3.8) is 0 Å². The largest absolute Gasteiger partial charge is 0.379 e. The Balaban J connectivity index is 1.47. The van der Waals surface area contributed by atoms with Crippen LogP contribution in [0, 0.1) is 0 Å². The van der Waals surface area contributed by atoms with Gasteiger partial charge in [0.2, 0.25) is 5.91 Å². The number of fused-ring (bicyclic) bond motifs is 1. The van der Waals surface area contributed by atoms with Gasteiger partial charge in [0.25, 0.3) is 5.56 Å². The molecular formula is C22H26N4O4S2. The summed E-state index contributed by atoms with van der Waals surface area (Å²) in [6, 6.07) is 3.98. The third-order valence-corrected chi connectivity index (χ3v) is 7.66. The lowest BCUT2D eigenvalue weighted by atomic mass is 10.2. The number of amides is 1. The van der Waals surface area contributed by atoms with Crippen LogP contribution >= 0.6 is 22.7 Å². The average molecular weight is 475 g/mol. The molecule has 1 N–H and O–H groups in total. The number of ether oxygens (including phenoxy) is 2. The quantitative estimate of drug-likeness (QED) is 0.566. The predicted octanol–water partition coefficient (Wildman–Crippen LogP) is 2.31. The fraction of sp³-hybridized carbons (Fsp3) is 0.500. The zero-order valence-electron chi connectivity index (χ0n) is 17.7. The number of aromatic nitrogens is 2. The van der Waals surface area contributed by atoms with Crippen LogP contribution in [0.3, 0.4) is 0 Å². The van der Waals surface area contributed by atoms with Gasteiger partial charge < -0.3 is 14.8 Å². The van der Waals surface area contributed by atoms with E-state index < -0.39 is 0 Å². The van der Waals surface area contributed by atoms with Crippen molar-refractivity contribution in [2.75, 3.05) is 39.5 Å². The van der Waals surface area contributed by atoms with E-state index in [1.807, 2.05) is 22.9 Å². The van der Waals surface area contributed by atoms with Crippen molar-refractivity contribution in [1.29, 1.82) is 0 Å². The van der Waals surface area contributed by atoms with Crippen LogP contribution in [-0.4, -0.2) is 65.9 Å². The third kappa shape index (κ3) is 4.65. The topological polar surface area (TPSA) is 85.7 Å². The molecule has 0 spiro atoms. The Hall–Kier alpha value is -2.11. The lowest BCUT2D eigenvalue weighted by Crippen LogP contribution is -2.40. The molecule has 5 heterocycles. The number of hydrogen-bond donors (Lipinski definition) is 1. The van der Waals surface area contributed by atoms with E-state index in [2.05, 4.69) is 10.2 Å². The molecule has 32 heavy (non-hydrogen) atoms. The number of nitrogens with one attached hydrogen (secondary N) is 1. The van der Waals surface area contributed by atoms with E-state index in [0.717, 1.165) is 47.8 Å². The zero-order valence-corrected chi connectivity index (χ0v) is 19.4. The summed E-state index contributed by atoms with van der Waals surface area (Å²) in [4.78, 5) is 35.2. The summed E-state index contributed by atoms with van der Waals surface area (Å²) < 4.78 is 12.6. The van der Waals surface area contributed by atoms with Gasteiger partial charge >= 0.3 is 0 Å². The van der Waals surface area contributed by atoms with Crippen molar-refractivity contribution in [1.82, 2.24) is 19.8 Å². The van der Waals surface area contributed by atoms with Gasteiger partial charge in [0.1, 0.15) is 17.2 Å². The molecule has 0 radical (unpaired) electrons. The van der Waals surface area contributed by atoms with Gasteiger partial charge in [-0.2, -0.15) is 0 Å². The first kappa shape index (κ1) is 21.7. The molecule has 1 amide bonds. The van der Waals surface area contributed by atoms with E-state index in [-0.39, 0.29) is 24.1 Å². The van der Waals surface area contributed by atoms with Crippen LogP contribution in [0.2, 0.25) is 0 Å². The first-order valence-corrected chi connectivity index (χ1v) is 12.7. The summed E-state index contributed by atoms with van der Waals surface area (Å²) in [6.07, 6.45) is 2.04. The van der Waals surface area contributed by atoms with Gasteiger partial charge in [-0.15, -0.1) is 22.7 Å². The Morgan fingerprint density at radius 2 is 2.12 bits per heavy atom. The summed E-state index contributed by atoms with van der Waals surface area (Å²) >= 11 is 3.07. The van der Waals surface area contributed by atoms with Gasteiger partial charge in [-0.1, -0.05) is 6.07 Å². The normalized spacial score (nSPS) is 19.6. The minimum absolute atomic E-state index is 0.0477. The fourth-order valence-corrected chi connectivity index (χ4v) is 5.93. The molecule has 170 valence electrons. The van der Waals surface area contributed by atoms with Crippen LogP contribution in [0.25, 0.3) is 20.7 Å². The van der Waals surface area contributed by atoms with Crippen molar-refractivity contribution in [2.24, 2.45) is 0 Å². The second kappa shape index (κ2) is 9.80. The van der Waals surface area contributed by atoms with Gasteiger partial charge in [-0.3, -0.25) is 19.1 Å². The molecule has 0 bridgehead atoms. The van der Waals surface area contributed by atoms with Crippen molar-refractivity contribution >= 4 is 38.8 Å². The number of carbonyl (C=O) groups is 1. The van der Waals surface area contributed by atoms with Gasteiger partial charge in [0, 0.05) is 42.1 Å². The maximum Gasteiger partial charge on any atom is 0.263 e. The first-order chi connectivity index (χ1) is 15.7. The molecule has 0 aliphatic carbocycles. The summed E-state index contributed by atoms with van der Waals surface area (Å²) in [5.74, 6) is 0.427. The van der Waals surface area contributed by atoms with Crippen molar-refractivity contribution in [3.8, 4) is 10.4 Å². The summed E-state index contributed by atoms with van der Waals surface area (Å²) in [6.45, 7) is 4.57. The standard InChI is InChI=1S/C22H26N4O4S2/c27-19(23-11-15-3-1-7-30-15)13-26-18(12-25-5-8-29-9-6-25)24-21-20(22(26)28)16(14-32-21)17-4-2-10-31-17/h2,4,10,14-15H,1,3,5-9,11-13H2,(H,23,27). The molecule has 3 aromatic heterocycles.